The average molecular weight is 285 g/mol. The fourth-order valence-corrected chi connectivity index (χ4v) is 2.60. The van der Waals surface area contributed by atoms with E-state index in [1.807, 2.05) is 17.0 Å². The molecule has 0 aromatic carbocycles. The van der Waals surface area contributed by atoms with Gasteiger partial charge in [-0.3, -0.25) is 9.78 Å². The molecule has 0 bridgehead atoms. The lowest BCUT2D eigenvalue weighted by Crippen LogP contribution is -2.43. The molecule has 0 aliphatic carbocycles. The summed E-state index contributed by atoms with van der Waals surface area (Å²) in [4.78, 5) is 26.8. The number of likely N-dealkylation sites (tertiary alicyclic amines) is 1. The third-order valence-corrected chi connectivity index (χ3v) is 3.62. The first kappa shape index (κ1) is 13.7. The van der Waals surface area contributed by atoms with Gasteiger partial charge < -0.3 is 10.2 Å². The van der Waals surface area contributed by atoms with E-state index in [1.54, 1.807) is 12.4 Å². The predicted molar refractivity (Wildman–Crippen MR) is 80.8 cm³/mol. The Balaban J connectivity index is 1.76. The summed E-state index contributed by atoms with van der Waals surface area (Å²) in [5, 5.41) is 3.32. The maximum atomic E-state index is 12.1. The van der Waals surface area contributed by atoms with E-state index in [2.05, 4.69) is 41.0 Å². The summed E-state index contributed by atoms with van der Waals surface area (Å²) in [6, 6.07) is 3.84. The molecule has 3 heterocycles. The van der Waals surface area contributed by atoms with Gasteiger partial charge in [0.15, 0.2) is 5.65 Å². The highest BCUT2D eigenvalue weighted by Gasteiger charge is 2.36. The van der Waals surface area contributed by atoms with Crippen LogP contribution in [0, 0.1) is 0 Å². The van der Waals surface area contributed by atoms with Crippen LogP contribution in [0.2, 0.25) is 0 Å². The zero-order valence-electron chi connectivity index (χ0n) is 12.5. The topological polar surface area (TPSA) is 71.0 Å². The highest BCUT2D eigenvalue weighted by Crippen LogP contribution is 2.24. The zero-order valence-corrected chi connectivity index (χ0v) is 12.5. The summed E-state index contributed by atoms with van der Waals surface area (Å²) in [5.74, 6) is 0.914. The lowest BCUT2D eigenvalue weighted by atomic mass is 10.1. The van der Waals surface area contributed by atoms with Gasteiger partial charge in [-0.1, -0.05) is 0 Å². The molecular formula is C15H19N5O. The molecule has 0 radical (unpaired) electrons. The van der Waals surface area contributed by atoms with E-state index in [0.29, 0.717) is 18.6 Å². The number of carbonyl (C=O) groups is 1. The molecule has 21 heavy (non-hydrogen) atoms. The summed E-state index contributed by atoms with van der Waals surface area (Å²) < 4.78 is 0. The van der Waals surface area contributed by atoms with Gasteiger partial charge >= 0.3 is 0 Å². The van der Waals surface area contributed by atoms with Gasteiger partial charge in [-0.2, -0.15) is 0 Å². The van der Waals surface area contributed by atoms with Gasteiger partial charge in [0.1, 0.15) is 11.3 Å². The van der Waals surface area contributed by atoms with E-state index in [4.69, 9.17) is 0 Å². The molecule has 1 saturated heterocycles. The van der Waals surface area contributed by atoms with Gasteiger partial charge in [-0.05, 0) is 32.9 Å². The molecule has 3 rings (SSSR count). The summed E-state index contributed by atoms with van der Waals surface area (Å²) in [5.41, 5.74) is 1.23. The third-order valence-electron chi connectivity index (χ3n) is 3.62. The van der Waals surface area contributed by atoms with Crippen molar-refractivity contribution in [3.05, 3.63) is 24.5 Å². The second kappa shape index (κ2) is 4.95. The van der Waals surface area contributed by atoms with E-state index in [9.17, 15) is 4.79 Å². The van der Waals surface area contributed by atoms with Crippen molar-refractivity contribution >= 4 is 22.9 Å². The maximum Gasteiger partial charge on any atom is 0.225 e. The SMILES string of the molecule is CC(C)(C)N1CC(Nc2ccc3nccnc3n2)CC1=O. The van der Waals surface area contributed by atoms with Crippen LogP contribution in [0.25, 0.3) is 11.2 Å². The van der Waals surface area contributed by atoms with Crippen molar-refractivity contribution in [2.45, 2.75) is 38.8 Å². The monoisotopic (exact) mass is 285 g/mol. The second-order valence-corrected chi connectivity index (χ2v) is 6.32. The number of nitrogens with zero attached hydrogens (tertiary/aromatic N) is 4. The van der Waals surface area contributed by atoms with Crippen molar-refractivity contribution in [1.82, 2.24) is 19.9 Å². The van der Waals surface area contributed by atoms with Crippen LogP contribution in [0.3, 0.4) is 0 Å². The van der Waals surface area contributed by atoms with Crippen LogP contribution >= 0.6 is 0 Å². The van der Waals surface area contributed by atoms with Crippen LogP contribution in [-0.4, -0.2) is 43.9 Å². The van der Waals surface area contributed by atoms with Gasteiger partial charge in [0, 0.05) is 30.9 Å². The van der Waals surface area contributed by atoms with Crippen LogP contribution in [0.4, 0.5) is 5.82 Å². The van der Waals surface area contributed by atoms with Crippen molar-refractivity contribution in [3.63, 3.8) is 0 Å². The molecule has 2 aromatic rings. The van der Waals surface area contributed by atoms with E-state index in [1.165, 1.54) is 0 Å². The molecule has 110 valence electrons. The predicted octanol–water partition coefficient (Wildman–Crippen LogP) is 1.84. The summed E-state index contributed by atoms with van der Waals surface area (Å²) in [6.45, 7) is 6.86. The van der Waals surface area contributed by atoms with Gasteiger partial charge in [0.05, 0.1) is 6.04 Å². The average Bonchev–Trinajstić information content (AvgIpc) is 2.79. The third kappa shape index (κ3) is 2.79. The molecule has 1 atom stereocenters. The second-order valence-electron chi connectivity index (χ2n) is 6.32. The first-order valence-electron chi connectivity index (χ1n) is 7.08. The molecule has 1 unspecified atom stereocenters. The Hall–Kier alpha value is -2.24. The number of pyridine rings is 1. The maximum absolute atomic E-state index is 12.1. The number of amides is 1. The Morgan fingerprint density at radius 2 is 2.00 bits per heavy atom. The van der Waals surface area contributed by atoms with Crippen molar-refractivity contribution in [2.24, 2.45) is 0 Å². The molecule has 1 N–H and O–H groups in total. The van der Waals surface area contributed by atoms with Crippen molar-refractivity contribution in [3.8, 4) is 0 Å². The first-order chi connectivity index (χ1) is 9.93. The Morgan fingerprint density at radius 3 is 2.71 bits per heavy atom. The molecular weight excluding hydrogens is 266 g/mol. The Bertz CT molecular complexity index is 679. The minimum atomic E-state index is -0.143. The first-order valence-corrected chi connectivity index (χ1v) is 7.08. The summed E-state index contributed by atoms with van der Waals surface area (Å²) >= 11 is 0. The number of rotatable bonds is 2. The van der Waals surface area contributed by atoms with Crippen molar-refractivity contribution in [2.75, 3.05) is 11.9 Å². The van der Waals surface area contributed by atoms with Crippen LogP contribution in [-0.2, 0) is 4.79 Å². The number of hydrogen-bond acceptors (Lipinski definition) is 5. The number of hydrogen-bond donors (Lipinski definition) is 1. The van der Waals surface area contributed by atoms with Crippen LogP contribution in [0.5, 0.6) is 0 Å². The molecule has 6 heteroatoms. The van der Waals surface area contributed by atoms with E-state index >= 15 is 0 Å². The van der Waals surface area contributed by atoms with Crippen LogP contribution in [0.15, 0.2) is 24.5 Å². The van der Waals surface area contributed by atoms with Gasteiger partial charge in [-0.25, -0.2) is 9.97 Å². The number of nitrogens with one attached hydrogen (secondary N) is 1. The number of aromatic nitrogens is 3. The highest BCUT2D eigenvalue weighted by molar-refractivity contribution is 5.81. The summed E-state index contributed by atoms with van der Waals surface area (Å²) in [6.07, 6.45) is 3.77. The minimum absolute atomic E-state index is 0.0818. The summed E-state index contributed by atoms with van der Waals surface area (Å²) in [7, 11) is 0. The normalized spacial score (nSPS) is 19.3. The smallest absolute Gasteiger partial charge is 0.225 e. The zero-order chi connectivity index (χ0) is 15.0. The molecule has 1 amide bonds. The Kier molecular flexibility index (Phi) is 3.23. The molecule has 0 saturated carbocycles. The van der Waals surface area contributed by atoms with Crippen molar-refractivity contribution in [1.29, 1.82) is 0 Å². The molecule has 1 fully saturated rings. The quantitative estimate of drug-likeness (QED) is 0.911. The standard InChI is InChI=1S/C15H19N5O/c1-15(2,3)20-9-10(8-13(20)21)18-12-5-4-11-14(19-12)17-7-6-16-11/h4-7,10H,8-9H2,1-3H3,(H,17,18,19). The lowest BCUT2D eigenvalue weighted by Gasteiger charge is -2.32. The van der Waals surface area contributed by atoms with Crippen molar-refractivity contribution < 1.29 is 4.79 Å². The highest BCUT2D eigenvalue weighted by atomic mass is 16.2. The Morgan fingerprint density at radius 1 is 1.24 bits per heavy atom. The fraction of sp³-hybridized carbons (Fsp3) is 0.467. The minimum Gasteiger partial charge on any atom is -0.365 e. The molecule has 2 aromatic heterocycles. The molecule has 1 aliphatic heterocycles. The van der Waals surface area contributed by atoms with Gasteiger partial charge in [0.2, 0.25) is 5.91 Å². The fourth-order valence-electron chi connectivity index (χ4n) is 2.60. The van der Waals surface area contributed by atoms with E-state index in [-0.39, 0.29) is 17.5 Å². The molecule has 0 spiro atoms. The Labute approximate surface area is 123 Å². The van der Waals surface area contributed by atoms with Gasteiger partial charge in [-0.15, -0.1) is 0 Å². The number of fused-ring (bicyclic) bond motifs is 1. The lowest BCUT2D eigenvalue weighted by molar-refractivity contribution is -0.131. The van der Waals surface area contributed by atoms with E-state index < -0.39 is 0 Å². The molecule has 1 aliphatic rings. The molecule has 6 nitrogen and oxygen atoms in total. The largest absolute Gasteiger partial charge is 0.365 e. The van der Waals surface area contributed by atoms with E-state index in [0.717, 1.165) is 11.3 Å². The number of anilines is 1. The van der Waals surface area contributed by atoms with Gasteiger partial charge in [0.25, 0.3) is 0 Å². The van der Waals surface area contributed by atoms with Crippen LogP contribution in [0.1, 0.15) is 27.2 Å². The number of carbonyl (C=O) groups excluding carboxylic acids is 1. The van der Waals surface area contributed by atoms with Crippen LogP contribution < -0.4 is 5.32 Å².